The van der Waals surface area contributed by atoms with Crippen LogP contribution in [0.2, 0.25) is 0 Å². The summed E-state index contributed by atoms with van der Waals surface area (Å²) in [6.07, 6.45) is 13.1. The minimum Gasteiger partial charge on any atom is -0.393 e. The second-order valence-corrected chi connectivity index (χ2v) is 10.6. The third kappa shape index (κ3) is 1.70. The number of fused-ring (bicyclic) bond motifs is 6. The van der Waals surface area contributed by atoms with Crippen molar-refractivity contribution in [2.24, 2.45) is 39.9 Å². The third-order valence-electron chi connectivity index (χ3n) is 10.3. The van der Waals surface area contributed by atoms with Gasteiger partial charge in [-0.3, -0.25) is 4.79 Å². The molecule has 2 heteroatoms. The van der Waals surface area contributed by atoms with Crippen molar-refractivity contribution in [1.29, 1.82) is 0 Å². The second-order valence-electron chi connectivity index (χ2n) is 10.6. The predicted molar refractivity (Wildman–Crippen MR) is 94.4 cm³/mol. The number of Topliss-reactive ketones (excluding diaryl/α,β-unsaturated/α-hetero) is 1. The lowest BCUT2D eigenvalue weighted by molar-refractivity contribution is -0.166. The number of hydrogen-bond donors (Lipinski definition) is 1. The molecule has 24 heavy (non-hydrogen) atoms. The molecule has 5 saturated carbocycles. The number of hydrogen-bond acceptors (Lipinski definition) is 2. The summed E-state index contributed by atoms with van der Waals surface area (Å²) in [6.45, 7) is 5.05. The lowest BCUT2D eigenvalue weighted by Crippen LogP contribution is -2.58. The van der Waals surface area contributed by atoms with Gasteiger partial charge in [-0.15, -0.1) is 0 Å². The van der Waals surface area contributed by atoms with E-state index >= 15 is 0 Å². The maximum absolute atomic E-state index is 12.6. The number of aliphatic hydroxyl groups is 1. The summed E-state index contributed by atoms with van der Waals surface area (Å²) in [6, 6.07) is 0. The number of rotatable bonds is 0. The van der Waals surface area contributed by atoms with Crippen LogP contribution >= 0.6 is 0 Å². The van der Waals surface area contributed by atoms with Gasteiger partial charge < -0.3 is 5.11 Å². The first-order chi connectivity index (χ1) is 11.4. The van der Waals surface area contributed by atoms with Crippen LogP contribution in [-0.4, -0.2) is 17.0 Å². The molecule has 0 amide bonds. The van der Waals surface area contributed by atoms with E-state index in [0.717, 1.165) is 42.9 Å². The Morgan fingerprint density at radius 1 is 0.917 bits per heavy atom. The molecule has 5 fully saturated rings. The van der Waals surface area contributed by atoms with Crippen molar-refractivity contribution in [3.05, 3.63) is 0 Å². The van der Waals surface area contributed by atoms with Gasteiger partial charge in [0.1, 0.15) is 5.78 Å². The van der Waals surface area contributed by atoms with E-state index in [1.165, 1.54) is 51.4 Å². The van der Waals surface area contributed by atoms with Crippen molar-refractivity contribution >= 4 is 5.78 Å². The largest absolute Gasteiger partial charge is 0.393 e. The Bertz CT molecular complexity index is 570. The highest BCUT2D eigenvalue weighted by molar-refractivity contribution is 5.91. The van der Waals surface area contributed by atoms with Crippen LogP contribution < -0.4 is 0 Å². The summed E-state index contributed by atoms with van der Waals surface area (Å²) in [7, 11) is 0. The van der Waals surface area contributed by atoms with Gasteiger partial charge in [0, 0.05) is 11.8 Å². The van der Waals surface area contributed by atoms with Crippen molar-refractivity contribution in [3.8, 4) is 0 Å². The van der Waals surface area contributed by atoms with Crippen molar-refractivity contribution in [3.63, 3.8) is 0 Å². The summed E-state index contributed by atoms with van der Waals surface area (Å²) < 4.78 is 0. The molecule has 1 N–H and O–H groups in total. The second kappa shape index (κ2) is 4.87. The molecule has 0 radical (unpaired) electrons. The number of carbonyl (C=O) groups excluding carboxylic acids is 1. The van der Waals surface area contributed by atoms with E-state index in [9.17, 15) is 9.90 Å². The predicted octanol–water partition coefficient (Wildman–Crippen LogP) is 4.74. The van der Waals surface area contributed by atoms with Crippen LogP contribution in [0.3, 0.4) is 0 Å². The van der Waals surface area contributed by atoms with Crippen LogP contribution in [-0.2, 0) is 4.79 Å². The number of ketones is 1. The van der Waals surface area contributed by atoms with Gasteiger partial charge in [-0.2, -0.15) is 0 Å². The van der Waals surface area contributed by atoms with Crippen LogP contribution in [0.15, 0.2) is 0 Å². The van der Waals surface area contributed by atoms with E-state index in [1.54, 1.807) is 0 Å². The third-order valence-corrected chi connectivity index (χ3v) is 10.3. The Balaban J connectivity index is 1.46. The zero-order chi connectivity index (χ0) is 16.7. The zero-order valence-electron chi connectivity index (χ0n) is 15.5. The van der Waals surface area contributed by atoms with E-state index in [4.69, 9.17) is 0 Å². The van der Waals surface area contributed by atoms with Crippen molar-refractivity contribution in [1.82, 2.24) is 0 Å². The molecule has 0 saturated heterocycles. The van der Waals surface area contributed by atoms with E-state index < -0.39 is 0 Å². The van der Waals surface area contributed by atoms with E-state index in [-0.39, 0.29) is 11.5 Å². The monoisotopic (exact) mass is 330 g/mol. The summed E-state index contributed by atoms with van der Waals surface area (Å²) >= 11 is 0. The molecule has 0 unspecified atom stereocenters. The summed E-state index contributed by atoms with van der Waals surface area (Å²) in [5.41, 5.74) is 0.854. The molecule has 0 aromatic heterocycles. The molecular weight excluding hydrogens is 296 g/mol. The molecule has 0 aromatic carbocycles. The molecule has 0 heterocycles. The normalized spacial score (nSPS) is 59.5. The zero-order valence-corrected chi connectivity index (χ0v) is 15.5. The molecule has 134 valence electrons. The Labute approximate surface area is 146 Å². The highest BCUT2D eigenvalue weighted by atomic mass is 16.3. The Kier molecular flexibility index (Phi) is 3.22. The van der Waals surface area contributed by atoms with E-state index in [2.05, 4.69) is 13.8 Å². The molecule has 0 aliphatic heterocycles. The maximum Gasteiger partial charge on any atom is 0.139 e. The highest BCUT2D eigenvalue weighted by Crippen LogP contribution is 2.73. The molecule has 0 bridgehead atoms. The van der Waals surface area contributed by atoms with Gasteiger partial charge in [-0.05, 0) is 98.7 Å². The summed E-state index contributed by atoms with van der Waals surface area (Å²) in [5, 5.41) is 10.1. The maximum atomic E-state index is 12.6. The van der Waals surface area contributed by atoms with Gasteiger partial charge in [-0.25, -0.2) is 0 Å². The Morgan fingerprint density at radius 2 is 1.71 bits per heavy atom. The number of carbonyl (C=O) groups is 1. The fourth-order valence-electron chi connectivity index (χ4n) is 8.77. The summed E-state index contributed by atoms with van der Waals surface area (Å²) in [5.74, 6) is 3.85. The fraction of sp³-hybridized carbons (Fsp3) is 0.955. The standard InChI is InChI=1S/C22H34O2/c1-20-9-5-15(23)13-14(20)3-4-16-17(20)6-10-21(2)18(16)7-11-22(21)12-8-19(22)24/h14-18,23H,3-13H2,1-2H3/t14-,15-,16-,17+,18+,20+,21+,22+/m1/s1. The average molecular weight is 331 g/mol. The lowest BCUT2D eigenvalue weighted by Gasteiger charge is -2.63. The molecule has 1 spiro atoms. The van der Waals surface area contributed by atoms with Crippen LogP contribution in [0.5, 0.6) is 0 Å². The fourth-order valence-corrected chi connectivity index (χ4v) is 8.77. The van der Waals surface area contributed by atoms with Gasteiger partial charge in [0.05, 0.1) is 6.10 Å². The van der Waals surface area contributed by atoms with Crippen LogP contribution in [0, 0.1) is 39.9 Å². The summed E-state index contributed by atoms with van der Waals surface area (Å²) in [4.78, 5) is 12.6. The average Bonchev–Trinajstić information content (AvgIpc) is 2.89. The SMILES string of the molecule is C[C@]12CC[C@@H](O)C[C@H]1CC[C@@H]1[C@@H]2CC[C@@]2(C)[C@H]1CC[C@@]21CCC1=O. The molecule has 5 aliphatic carbocycles. The molecule has 0 aromatic rings. The number of aliphatic hydroxyl groups excluding tert-OH is 1. The van der Waals surface area contributed by atoms with Gasteiger partial charge in [0.2, 0.25) is 0 Å². The molecular formula is C22H34O2. The minimum absolute atomic E-state index is 0.0455. The smallest absolute Gasteiger partial charge is 0.139 e. The molecule has 2 nitrogen and oxygen atoms in total. The van der Waals surface area contributed by atoms with Crippen LogP contribution in [0.4, 0.5) is 0 Å². The first-order valence-corrected chi connectivity index (χ1v) is 10.6. The highest BCUT2D eigenvalue weighted by Gasteiger charge is 2.68. The minimum atomic E-state index is -0.0455. The van der Waals surface area contributed by atoms with Crippen molar-refractivity contribution in [2.45, 2.75) is 90.6 Å². The Hall–Kier alpha value is -0.370. The van der Waals surface area contributed by atoms with Gasteiger partial charge in [-0.1, -0.05) is 13.8 Å². The first kappa shape index (κ1) is 15.9. The first-order valence-electron chi connectivity index (χ1n) is 10.6. The van der Waals surface area contributed by atoms with Crippen molar-refractivity contribution < 1.29 is 9.90 Å². The molecule has 5 rings (SSSR count). The lowest BCUT2D eigenvalue weighted by atomic mass is 9.41. The molecule has 5 aliphatic rings. The Morgan fingerprint density at radius 3 is 2.42 bits per heavy atom. The van der Waals surface area contributed by atoms with Crippen LogP contribution in [0.25, 0.3) is 0 Å². The van der Waals surface area contributed by atoms with Gasteiger partial charge in [0.25, 0.3) is 0 Å². The van der Waals surface area contributed by atoms with Crippen molar-refractivity contribution in [2.75, 3.05) is 0 Å². The van der Waals surface area contributed by atoms with E-state index in [0.29, 0.717) is 16.6 Å². The topological polar surface area (TPSA) is 37.3 Å². The van der Waals surface area contributed by atoms with Crippen LogP contribution in [0.1, 0.15) is 84.5 Å². The quantitative estimate of drug-likeness (QED) is 0.696. The molecule has 8 atom stereocenters. The van der Waals surface area contributed by atoms with Gasteiger partial charge in [0.15, 0.2) is 0 Å². The van der Waals surface area contributed by atoms with E-state index in [1.807, 2.05) is 0 Å². The van der Waals surface area contributed by atoms with Gasteiger partial charge >= 0.3 is 0 Å².